The maximum Gasteiger partial charge on any atom is 0.341 e. The molecule has 1 aliphatic carbocycles. The fourth-order valence-electron chi connectivity index (χ4n) is 3.33. The first-order valence-electron chi connectivity index (χ1n) is 8.93. The molecule has 0 radical (unpaired) electrons. The highest BCUT2D eigenvalue weighted by molar-refractivity contribution is 7.17. The number of hydrogen-bond donors (Lipinski definition) is 2. The number of amides is 1. The second-order valence-electron chi connectivity index (χ2n) is 6.52. The first kappa shape index (κ1) is 19.8. The van der Waals surface area contributed by atoms with Gasteiger partial charge >= 0.3 is 5.97 Å². The molecule has 3 rings (SSSR count). The summed E-state index contributed by atoms with van der Waals surface area (Å²) in [6.07, 6.45) is 3.77. The molecule has 0 unspecified atom stereocenters. The van der Waals surface area contributed by atoms with Gasteiger partial charge in [0, 0.05) is 22.2 Å². The van der Waals surface area contributed by atoms with Crippen LogP contribution in [0.3, 0.4) is 0 Å². The number of anilines is 2. The molecule has 1 amide bonds. The van der Waals surface area contributed by atoms with E-state index in [9.17, 15) is 19.7 Å². The zero-order valence-electron chi connectivity index (χ0n) is 15.7. The van der Waals surface area contributed by atoms with Crippen LogP contribution < -0.4 is 10.6 Å². The smallest absolute Gasteiger partial charge is 0.341 e. The number of carbonyl (C=O) groups excluding carboxylic acids is 2. The van der Waals surface area contributed by atoms with Crippen LogP contribution in [0.4, 0.5) is 16.4 Å². The van der Waals surface area contributed by atoms with Crippen LogP contribution in [0.1, 0.15) is 39.2 Å². The highest BCUT2D eigenvalue weighted by Crippen LogP contribution is 2.38. The number of nitro groups is 1. The molecule has 1 heterocycles. The molecule has 1 aromatic carbocycles. The van der Waals surface area contributed by atoms with Crippen LogP contribution in [0.2, 0.25) is 0 Å². The number of esters is 1. The van der Waals surface area contributed by atoms with E-state index in [-0.39, 0.29) is 18.1 Å². The predicted molar refractivity (Wildman–Crippen MR) is 107 cm³/mol. The molecular weight excluding hydrogens is 382 g/mol. The fourth-order valence-corrected chi connectivity index (χ4v) is 4.62. The van der Waals surface area contributed by atoms with E-state index in [1.54, 1.807) is 19.1 Å². The lowest BCUT2D eigenvalue weighted by molar-refractivity contribution is -0.385. The SMILES string of the molecule is COC(=O)c1c(NC(=O)CNc2cccc([N+](=O)[O-])c2C)sc2c1CCCC2. The summed E-state index contributed by atoms with van der Waals surface area (Å²) >= 11 is 1.42. The van der Waals surface area contributed by atoms with Gasteiger partial charge in [-0.25, -0.2) is 4.79 Å². The van der Waals surface area contributed by atoms with Crippen molar-refractivity contribution in [3.8, 4) is 0 Å². The predicted octanol–water partition coefficient (Wildman–Crippen LogP) is 3.68. The summed E-state index contributed by atoms with van der Waals surface area (Å²) in [6, 6.07) is 4.66. The lowest BCUT2D eigenvalue weighted by Gasteiger charge is -2.12. The van der Waals surface area contributed by atoms with Crippen LogP contribution in [0.25, 0.3) is 0 Å². The minimum Gasteiger partial charge on any atom is -0.465 e. The molecule has 2 aromatic rings. The number of methoxy groups -OCH3 is 1. The number of ether oxygens (including phenoxy) is 1. The molecule has 0 saturated carbocycles. The molecule has 148 valence electrons. The number of aryl methyl sites for hydroxylation is 1. The molecule has 0 saturated heterocycles. The summed E-state index contributed by atoms with van der Waals surface area (Å²) in [5, 5.41) is 17.3. The van der Waals surface area contributed by atoms with E-state index in [4.69, 9.17) is 4.74 Å². The van der Waals surface area contributed by atoms with Gasteiger partial charge in [-0.1, -0.05) is 6.07 Å². The third-order valence-electron chi connectivity index (χ3n) is 4.76. The fraction of sp³-hybridized carbons (Fsp3) is 0.368. The minimum absolute atomic E-state index is 0.00989. The van der Waals surface area contributed by atoms with Gasteiger partial charge < -0.3 is 15.4 Å². The quantitative estimate of drug-likeness (QED) is 0.432. The van der Waals surface area contributed by atoms with Gasteiger partial charge in [0.05, 0.1) is 24.1 Å². The van der Waals surface area contributed by atoms with E-state index in [0.29, 0.717) is 21.8 Å². The number of fused-ring (bicyclic) bond motifs is 1. The summed E-state index contributed by atoms with van der Waals surface area (Å²) in [7, 11) is 1.33. The summed E-state index contributed by atoms with van der Waals surface area (Å²) in [6.45, 7) is 1.55. The van der Waals surface area contributed by atoms with Crippen LogP contribution in [-0.4, -0.2) is 30.5 Å². The Balaban J connectivity index is 1.74. The minimum atomic E-state index is -0.459. The van der Waals surface area contributed by atoms with Crippen LogP contribution in [-0.2, 0) is 22.4 Å². The third kappa shape index (κ3) is 3.99. The second kappa shape index (κ2) is 8.39. The van der Waals surface area contributed by atoms with E-state index < -0.39 is 10.9 Å². The Labute approximate surface area is 166 Å². The summed E-state index contributed by atoms with van der Waals surface area (Å²) < 4.78 is 4.90. The maximum atomic E-state index is 12.4. The van der Waals surface area contributed by atoms with Gasteiger partial charge in [-0.2, -0.15) is 0 Å². The number of nitro benzene ring substituents is 1. The number of rotatable bonds is 6. The Morgan fingerprint density at radius 1 is 1.29 bits per heavy atom. The van der Waals surface area contributed by atoms with Crippen molar-refractivity contribution in [2.24, 2.45) is 0 Å². The molecule has 0 spiro atoms. The Morgan fingerprint density at radius 3 is 2.75 bits per heavy atom. The van der Waals surface area contributed by atoms with E-state index in [0.717, 1.165) is 36.1 Å². The van der Waals surface area contributed by atoms with Gasteiger partial charge in [-0.05, 0) is 44.2 Å². The molecule has 0 bridgehead atoms. The molecule has 2 N–H and O–H groups in total. The summed E-state index contributed by atoms with van der Waals surface area (Å²) in [5.74, 6) is -0.785. The normalized spacial score (nSPS) is 12.8. The zero-order chi connectivity index (χ0) is 20.3. The van der Waals surface area contributed by atoms with Crippen molar-refractivity contribution in [1.29, 1.82) is 0 Å². The average molecular weight is 403 g/mol. The van der Waals surface area contributed by atoms with Crippen molar-refractivity contribution in [3.05, 3.63) is 49.9 Å². The number of hydrogen-bond acceptors (Lipinski definition) is 7. The molecule has 28 heavy (non-hydrogen) atoms. The van der Waals surface area contributed by atoms with Gasteiger partial charge in [0.2, 0.25) is 5.91 Å². The van der Waals surface area contributed by atoms with Crippen molar-refractivity contribution in [3.63, 3.8) is 0 Å². The van der Waals surface area contributed by atoms with Crippen molar-refractivity contribution in [1.82, 2.24) is 0 Å². The summed E-state index contributed by atoms with van der Waals surface area (Å²) in [4.78, 5) is 36.4. The average Bonchev–Trinajstić information content (AvgIpc) is 3.04. The first-order valence-corrected chi connectivity index (χ1v) is 9.74. The number of nitrogens with zero attached hydrogens (tertiary/aromatic N) is 1. The van der Waals surface area contributed by atoms with Gasteiger partial charge in [-0.15, -0.1) is 11.3 Å². The van der Waals surface area contributed by atoms with Crippen LogP contribution in [0.15, 0.2) is 18.2 Å². The Hall–Kier alpha value is -2.94. The van der Waals surface area contributed by atoms with Crippen LogP contribution >= 0.6 is 11.3 Å². The third-order valence-corrected chi connectivity index (χ3v) is 5.96. The molecule has 0 atom stereocenters. The van der Waals surface area contributed by atoms with Gasteiger partial charge in [0.15, 0.2) is 0 Å². The number of benzene rings is 1. The molecule has 1 aromatic heterocycles. The summed E-state index contributed by atoms with van der Waals surface area (Å²) in [5.41, 5.74) is 2.39. The Morgan fingerprint density at radius 2 is 2.04 bits per heavy atom. The number of nitrogens with one attached hydrogen (secondary N) is 2. The van der Waals surface area contributed by atoms with Crippen LogP contribution in [0.5, 0.6) is 0 Å². The Kier molecular flexibility index (Phi) is 5.93. The second-order valence-corrected chi connectivity index (χ2v) is 7.62. The molecule has 9 heteroatoms. The van der Waals surface area contributed by atoms with Gasteiger partial charge in [0.25, 0.3) is 5.69 Å². The first-order chi connectivity index (χ1) is 13.4. The topological polar surface area (TPSA) is 111 Å². The highest BCUT2D eigenvalue weighted by atomic mass is 32.1. The van der Waals surface area contributed by atoms with Crippen molar-refractivity contribution >= 4 is 39.6 Å². The lowest BCUT2D eigenvalue weighted by Crippen LogP contribution is -2.23. The maximum absolute atomic E-state index is 12.4. The lowest BCUT2D eigenvalue weighted by atomic mass is 9.95. The van der Waals surface area contributed by atoms with E-state index >= 15 is 0 Å². The molecular formula is C19H21N3O5S. The van der Waals surface area contributed by atoms with E-state index in [2.05, 4.69) is 10.6 Å². The molecule has 0 aliphatic heterocycles. The van der Waals surface area contributed by atoms with Crippen molar-refractivity contribution < 1.29 is 19.2 Å². The van der Waals surface area contributed by atoms with E-state index in [1.807, 2.05) is 0 Å². The number of thiophene rings is 1. The monoisotopic (exact) mass is 403 g/mol. The standard InChI is InChI=1S/C19H21N3O5S/c1-11-13(7-5-8-14(11)22(25)26)20-10-16(23)21-18-17(19(24)27-2)12-6-3-4-9-15(12)28-18/h5,7-8,20H,3-4,6,9-10H2,1-2H3,(H,21,23). The van der Waals surface area contributed by atoms with Gasteiger partial charge in [-0.3, -0.25) is 14.9 Å². The van der Waals surface area contributed by atoms with E-state index in [1.165, 1.54) is 24.5 Å². The van der Waals surface area contributed by atoms with Crippen molar-refractivity contribution in [2.75, 3.05) is 24.3 Å². The van der Waals surface area contributed by atoms with Gasteiger partial charge in [0.1, 0.15) is 5.00 Å². The molecule has 0 fully saturated rings. The molecule has 1 aliphatic rings. The van der Waals surface area contributed by atoms with Crippen molar-refractivity contribution in [2.45, 2.75) is 32.6 Å². The highest BCUT2D eigenvalue weighted by Gasteiger charge is 2.27. The van der Waals surface area contributed by atoms with Crippen LogP contribution in [0, 0.1) is 17.0 Å². The zero-order valence-corrected chi connectivity index (χ0v) is 16.5. The number of carbonyl (C=O) groups is 2. The molecule has 8 nitrogen and oxygen atoms in total. The largest absolute Gasteiger partial charge is 0.465 e. The Bertz CT molecular complexity index is 938.